The zero-order valence-corrected chi connectivity index (χ0v) is 17.0. The maximum Gasteiger partial charge on any atom is 0.227 e. The van der Waals surface area contributed by atoms with Gasteiger partial charge in [0.05, 0.1) is 32.2 Å². The van der Waals surface area contributed by atoms with Crippen molar-refractivity contribution in [1.29, 1.82) is 0 Å². The van der Waals surface area contributed by atoms with Crippen LogP contribution in [0.15, 0.2) is 42.7 Å². The van der Waals surface area contributed by atoms with Crippen molar-refractivity contribution >= 4 is 17.9 Å². The highest BCUT2D eigenvalue weighted by atomic mass is 19.1. The first kappa shape index (κ1) is 21.9. The number of aromatic nitrogens is 2. The molecule has 0 fully saturated rings. The average Bonchev–Trinajstić information content (AvgIpc) is 2.79. The number of aldehydes is 1. The van der Waals surface area contributed by atoms with E-state index in [1.165, 1.54) is 26.6 Å². The second-order valence-corrected chi connectivity index (χ2v) is 6.45. The Morgan fingerprint density at radius 1 is 1.03 bits per heavy atom. The van der Waals surface area contributed by atoms with E-state index in [1.54, 1.807) is 0 Å². The van der Waals surface area contributed by atoms with E-state index in [0.717, 1.165) is 23.6 Å². The van der Waals surface area contributed by atoms with Crippen LogP contribution in [0.5, 0.6) is 17.2 Å². The van der Waals surface area contributed by atoms with Crippen molar-refractivity contribution in [2.45, 2.75) is 19.4 Å². The number of ether oxygens (including phenoxy) is 3. The Bertz CT molecular complexity index is 1020. The Hall–Kier alpha value is -3.75. The van der Waals surface area contributed by atoms with Crippen molar-refractivity contribution in [2.75, 3.05) is 19.5 Å². The van der Waals surface area contributed by atoms with Crippen LogP contribution in [0, 0.1) is 11.6 Å². The van der Waals surface area contributed by atoms with E-state index in [0.29, 0.717) is 18.8 Å². The molecule has 0 unspecified atom stereocenters. The monoisotopic (exact) mass is 429 g/mol. The standard InChI is InChI=1S/C22H21F2N3O4/c1-29-18-10-19(30-2)21(24)17(20(18)23)13-31-16-11-25-22(26-12-16)27-15-7-3-5-14(9-15)6-4-8-28/h3,5,7-12H,4,6,13H2,1-2H3,(H,25,26,27). The highest BCUT2D eigenvalue weighted by molar-refractivity contribution is 5.55. The third kappa shape index (κ3) is 5.44. The minimum absolute atomic E-state index is 0.150. The van der Waals surface area contributed by atoms with Gasteiger partial charge in [-0.25, -0.2) is 18.7 Å². The topological polar surface area (TPSA) is 82.6 Å². The smallest absolute Gasteiger partial charge is 0.227 e. The van der Waals surface area contributed by atoms with E-state index in [-0.39, 0.29) is 22.8 Å². The first-order chi connectivity index (χ1) is 15.0. The van der Waals surface area contributed by atoms with Crippen molar-refractivity contribution in [3.63, 3.8) is 0 Å². The van der Waals surface area contributed by atoms with Crippen molar-refractivity contribution in [3.8, 4) is 17.2 Å². The number of carbonyl (C=O) groups excluding carboxylic acids is 1. The molecule has 0 aliphatic carbocycles. The lowest BCUT2D eigenvalue weighted by molar-refractivity contribution is -0.107. The van der Waals surface area contributed by atoms with Gasteiger partial charge in [0, 0.05) is 18.2 Å². The molecule has 0 saturated carbocycles. The van der Waals surface area contributed by atoms with Gasteiger partial charge in [0.25, 0.3) is 0 Å². The van der Waals surface area contributed by atoms with Crippen molar-refractivity contribution < 1.29 is 27.8 Å². The maximum absolute atomic E-state index is 14.4. The number of rotatable bonds is 10. The molecule has 0 spiro atoms. The molecule has 3 rings (SSSR count). The predicted octanol–water partition coefficient (Wildman–Crippen LogP) is 4.23. The maximum atomic E-state index is 14.4. The average molecular weight is 429 g/mol. The molecule has 0 atom stereocenters. The van der Waals surface area contributed by atoms with E-state index in [9.17, 15) is 13.6 Å². The highest BCUT2D eigenvalue weighted by Gasteiger charge is 2.20. The molecule has 0 bridgehead atoms. The first-order valence-corrected chi connectivity index (χ1v) is 9.39. The number of benzene rings is 2. The Morgan fingerprint density at radius 2 is 1.71 bits per heavy atom. The molecular formula is C22H21F2N3O4. The summed E-state index contributed by atoms with van der Waals surface area (Å²) in [7, 11) is 2.55. The Kier molecular flexibility index (Phi) is 7.31. The van der Waals surface area contributed by atoms with Crippen LogP contribution in [0.2, 0.25) is 0 Å². The summed E-state index contributed by atoms with van der Waals surface area (Å²) in [6, 6.07) is 8.67. The summed E-state index contributed by atoms with van der Waals surface area (Å²) < 4.78 is 44.1. The molecule has 0 aliphatic heterocycles. The third-order valence-corrected chi connectivity index (χ3v) is 4.41. The Balaban J connectivity index is 1.67. The molecule has 7 nitrogen and oxygen atoms in total. The lowest BCUT2D eigenvalue weighted by Crippen LogP contribution is -2.06. The quantitative estimate of drug-likeness (QED) is 0.483. The van der Waals surface area contributed by atoms with Crippen LogP contribution >= 0.6 is 0 Å². The number of hydrogen-bond donors (Lipinski definition) is 1. The predicted molar refractivity (Wildman–Crippen MR) is 110 cm³/mol. The minimum atomic E-state index is -0.866. The SMILES string of the molecule is COc1cc(OC)c(F)c(COc2cnc(Nc3cccc(CCC=O)c3)nc2)c1F. The van der Waals surface area contributed by atoms with Crippen LogP contribution in [0.1, 0.15) is 17.5 Å². The molecule has 1 heterocycles. The van der Waals surface area contributed by atoms with E-state index < -0.39 is 18.2 Å². The Labute approximate surface area is 178 Å². The normalized spacial score (nSPS) is 10.5. The molecule has 1 aromatic heterocycles. The van der Waals surface area contributed by atoms with Gasteiger partial charge < -0.3 is 24.3 Å². The van der Waals surface area contributed by atoms with Gasteiger partial charge >= 0.3 is 0 Å². The zero-order chi connectivity index (χ0) is 22.2. The number of nitrogens with zero attached hydrogens (tertiary/aromatic N) is 2. The number of carbonyl (C=O) groups is 1. The molecular weight excluding hydrogens is 408 g/mol. The lowest BCUT2D eigenvalue weighted by Gasteiger charge is -2.13. The van der Waals surface area contributed by atoms with Crippen molar-refractivity contribution in [1.82, 2.24) is 9.97 Å². The summed E-state index contributed by atoms with van der Waals surface area (Å²) in [5, 5.41) is 3.05. The molecule has 2 aromatic carbocycles. The van der Waals surface area contributed by atoms with Crippen LogP contribution in [0.25, 0.3) is 0 Å². The number of hydrogen-bond acceptors (Lipinski definition) is 7. The van der Waals surface area contributed by atoms with Gasteiger partial charge in [-0.1, -0.05) is 12.1 Å². The van der Waals surface area contributed by atoms with Crippen molar-refractivity contribution in [2.24, 2.45) is 0 Å². The highest BCUT2D eigenvalue weighted by Crippen LogP contribution is 2.32. The summed E-state index contributed by atoms with van der Waals surface area (Å²) in [6.07, 6.45) is 4.75. The van der Waals surface area contributed by atoms with Crippen LogP contribution in [-0.2, 0) is 17.8 Å². The largest absolute Gasteiger partial charge is 0.494 e. The second-order valence-electron chi connectivity index (χ2n) is 6.45. The summed E-state index contributed by atoms with van der Waals surface area (Å²) in [5.41, 5.74) is 1.45. The van der Waals surface area contributed by atoms with E-state index >= 15 is 0 Å². The summed E-state index contributed by atoms with van der Waals surface area (Å²) in [6.45, 7) is -0.403. The molecule has 31 heavy (non-hydrogen) atoms. The van der Waals surface area contributed by atoms with E-state index in [4.69, 9.17) is 14.2 Å². The van der Waals surface area contributed by atoms with Gasteiger partial charge in [-0.05, 0) is 24.1 Å². The van der Waals surface area contributed by atoms with Gasteiger partial charge in [0.15, 0.2) is 28.9 Å². The Morgan fingerprint density at radius 3 is 2.32 bits per heavy atom. The van der Waals surface area contributed by atoms with Gasteiger partial charge in [0.1, 0.15) is 12.9 Å². The number of aryl methyl sites for hydroxylation is 1. The van der Waals surface area contributed by atoms with Crippen LogP contribution in [-0.4, -0.2) is 30.5 Å². The minimum Gasteiger partial charge on any atom is -0.494 e. The zero-order valence-electron chi connectivity index (χ0n) is 17.0. The summed E-state index contributed by atoms with van der Waals surface area (Å²) >= 11 is 0. The molecule has 162 valence electrons. The van der Waals surface area contributed by atoms with Gasteiger partial charge in [-0.2, -0.15) is 0 Å². The molecule has 9 heteroatoms. The van der Waals surface area contributed by atoms with E-state index in [2.05, 4.69) is 15.3 Å². The molecule has 0 radical (unpaired) electrons. The molecule has 0 saturated heterocycles. The van der Waals surface area contributed by atoms with Crippen molar-refractivity contribution in [3.05, 3.63) is 65.5 Å². The summed E-state index contributed by atoms with van der Waals surface area (Å²) in [4.78, 5) is 18.8. The lowest BCUT2D eigenvalue weighted by atomic mass is 10.1. The van der Waals surface area contributed by atoms with Gasteiger partial charge in [-0.3, -0.25) is 0 Å². The number of anilines is 2. The molecule has 3 aromatic rings. The second kappa shape index (κ2) is 10.3. The molecule has 1 N–H and O–H groups in total. The number of nitrogens with one attached hydrogen (secondary N) is 1. The molecule has 0 aliphatic rings. The summed E-state index contributed by atoms with van der Waals surface area (Å²) in [5.74, 6) is -1.49. The van der Waals surface area contributed by atoms with Crippen LogP contribution in [0.3, 0.4) is 0 Å². The van der Waals surface area contributed by atoms with Crippen LogP contribution < -0.4 is 19.5 Å². The van der Waals surface area contributed by atoms with Gasteiger partial charge in [-0.15, -0.1) is 0 Å². The van der Waals surface area contributed by atoms with E-state index in [1.807, 2.05) is 24.3 Å². The van der Waals surface area contributed by atoms with Crippen LogP contribution in [0.4, 0.5) is 20.4 Å². The first-order valence-electron chi connectivity index (χ1n) is 9.39. The van der Waals surface area contributed by atoms with Gasteiger partial charge in [0.2, 0.25) is 5.95 Å². The fourth-order valence-corrected chi connectivity index (χ4v) is 2.83. The fraction of sp³-hybridized carbons (Fsp3) is 0.227. The number of methoxy groups -OCH3 is 2. The fourth-order valence-electron chi connectivity index (χ4n) is 2.83. The molecule has 0 amide bonds. The third-order valence-electron chi connectivity index (χ3n) is 4.41. The number of halogens is 2.